The molecule has 0 unspecified atom stereocenters. The zero-order valence-electron chi connectivity index (χ0n) is 10.1. The molecule has 0 spiro atoms. The Balaban J connectivity index is 2.78. The Morgan fingerprint density at radius 2 is 2.11 bits per heavy atom. The summed E-state index contributed by atoms with van der Waals surface area (Å²) in [5.74, 6) is 1.30. The van der Waals surface area contributed by atoms with Crippen LogP contribution in [0.3, 0.4) is 0 Å². The summed E-state index contributed by atoms with van der Waals surface area (Å²) in [7, 11) is 0. The number of hydrogen-bond donors (Lipinski definition) is 1. The molecule has 0 fully saturated rings. The van der Waals surface area contributed by atoms with Crippen molar-refractivity contribution in [2.24, 2.45) is 0 Å². The van der Waals surface area contributed by atoms with Crippen molar-refractivity contribution in [3.05, 3.63) is 40.8 Å². The first-order chi connectivity index (χ1) is 9.08. The Labute approximate surface area is 109 Å². The van der Waals surface area contributed by atoms with Gasteiger partial charge in [0.05, 0.1) is 11.6 Å². The summed E-state index contributed by atoms with van der Waals surface area (Å²) in [6.07, 6.45) is 5.17. The molecule has 19 heavy (non-hydrogen) atoms. The summed E-state index contributed by atoms with van der Waals surface area (Å²) in [6.45, 7) is 1.71. The monoisotopic (exact) mass is 252 g/mol. The van der Waals surface area contributed by atoms with Crippen LogP contribution >= 0.6 is 0 Å². The first-order valence-corrected chi connectivity index (χ1v) is 5.38. The number of nitrogens with two attached hydrogens (primary N) is 1. The van der Waals surface area contributed by atoms with E-state index in [4.69, 9.17) is 17.4 Å². The van der Waals surface area contributed by atoms with E-state index in [2.05, 4.69) is 15.9 Å². The molecule has 0 saturated carbocycles. The smallest absolute Gasteiger partial charge is 0.221 e. The minimum atomic E-state index is -0.713. The highest BCUT2D eigenvalue weighted by Gasteiger charge is 2.16. The van der Waals surface area contributed by atoms with Gasteiger partial charge in [0.15, 0.2) is 11.5 Å². The molecule has 92 valence electrons. The van der Waals surface area contributed by atoms with Crippen molar-refractivity contribution < 1.29 is 4.39 Å². The van der Waals surface area contributed by atoms with Gasteiger partial charge in [-0.15, -0.1) is 6.42 Å². The predicted molar refractivity (Wildman–Crippen MR) is 69.2 cm³/mol. The number of halogens is 1. The van der Waals surface area contributed by atoms with Crippen LogP contribution in [-0.2, 0) is 0 Å². The van der Waals surface area contributed by atoms with E-state index < -0.39 is 5.82 Å². The highest BCUT2D eigenvalue weighted by Crippen LogP contribution is 2.27. The van der Waals surface area contributed by atoms with Crippen LogP contribution in [0.25, 0.3) is 11.3 Å². The standard InChI is InChI=1S/C14H9FN4/c1-3-11-12(15)13(19-14(17)18-11)10-6-4-5-9(7-16)8(10)2/h1,4-6H,2H3,(H2,17,18,19). The van der Waals surface area contributed by atoms with E-state index in [0.29, 0.717) is 16.7 Å². The lowest BCUT2D eigenvalue weighted by Crippen LogP contribution is -2.04. The number of anilines is 1. The Bertz CT molecular complexity index is 738. The molecule has 2 N–H and O–H groups in total. The van der Waals surface area contributed by atoms with Gasteiger partial charge in [0.1, 0.15) is 5.69 Å². The molecular weight excluding hydrogens is 243 g/mol. The van der Waals surface area contributed by atoms with Crippen molar-refractivity contribution in [2.75, 3.05) is 5.73 Å². The van der Waals surface area contributed by atoms with Crippen molar-refractivity contribution >= 4 is 5.95 Å². The Morgan fingerprint density at radius 1 is 1.37 bits per heavy atom. The van der Waals surface area contributed by atoms with Crippen LogP contribution in [-0.4, -0.2) is 9.97 Å². The van der Waals surface area contributed by atoms with Crippen LogP contribution in [0, 0.1) is 36.4 Å². The van der Waals surface area contributed by atoms with Gasteiger partial charge in [-0.2, -0.15) is 5.26 Å². The third-order valence-corrected chi connectivity index (χ3v) is 2.71. The number of hydrogen-bond acceptors (Lipinski definition) is 4. The molecule has 5 heteroatoms. The lowest BCUT2D eigenvalue weighted by Gasteiger charge is -2.09. The molecule has 1 aromatic carbocycles. The average molecular weight is 252 g/mol. The highest BCUT2D eigenvalue weighted by atomic mass is 19.1. The SMILES string of the molecule is C#Cc1nc(N)nc(-c2cccc(C#N)c2C)c1F. The molecule has 0 saturated heterocycles. The van der Waals surface area contributed by atoms with Gasteiger partial charge in [-0.1, -0.05) is 12.1 Å². The fraction of sp³-hybridized carbons (Fsp3) is 0.0714. The molecular formula is C14H9FN4. The largest absolute Gasteiger partial charge is 0.368 e. The molecule has 0 aliphatic carbocycles. The van der Waals surface area contributed by atoms with E-state index in [0.717, 1.165) is 0 Å². The quantitative estimate of drug-likeness (QED) is 0.788. The number of nitrogen functional groups attached to an aromatic ring is 1. The van der Waals surface area contributed by atoms with E-state index in [1.165, 1.54) is 0 Å². The van der Waals surface area contributed by atoms with Crippen LogP contribution in [0.2, 0.25) is 0 Å². The number of rotatable bonds is 1. The van der Waals surface area contributed by atoms with Gasteiger partial charge in [0.2, 0.25) is 5.95 Å². The van der Waals surface area contributed by atoms with Gasteiger partial charge in [-0.3, -0.25) is 0 Å². The summed E-state index contributed by atoms with van der Waals surface area (Å²) in [6, 6.07) is 6.97. The second-order valence-corrected chi connectivity index (χ2v) is 3.83. The van der Waals surface area contributed by atoms with Crippen molar-refractivity contribution in [2.45, 2.75) is 6.92 Å². The molecule has 4 nitrogen and oxygen atoms in total. The van der Waals surface area contributed by atoms with Crippen LogP contribution in [0.1, 0.15) is 16.8 Å². The van der Waals surface area contributed by atoms with E-state index >= 15 is 0 Å². The van der Waals surface area contributed by atoms with Gasteiger partial charge in [0, 0.05) is 5.56 Å². The van der Waals surface area contributed by atoms with E-state index in [9.17, 15) is 4.39 Å². The molecule has 0 radical (unpaired) electrons. The van der Waals surface area contributed by atoms with Crippen LogP contribution < -0.4 is 5.73 Å². The molecule has 0 aliphatic heterocycles. The van der Waals surface area contributed by atoms with Crippen LogP contribution in [0.4, 0.5) is 10.3 Å². The fourth-order valence-electron chi connectivity index (χ4n) is 1.75. The Kier molecular flexibility index (Phi) is 3.14. The average Bonchev–Trinajstić information content (AvgIpc) is 2.41. The second-order valence-electron chi connectivity index (χ2n) is 3.83. The maximum Gasteiger partial charge on any atom is 0.221 e. The molecule has 1 heterocycles. The zero-order valence-corrected chi connectivity index (χ0v) is 10.1. The van der Waals surface area contributed by atoms with Crippen molar-refractivity contribution in [1.82, 2.24) is 9.97 Å². The van der Waals surface area contributed by atoms with E-state index in [-0.39, 0.29) is 17.3 Å². The summed E-state index contributed by atoms with van der Waals surface area (Å²) in [5, 5.41) is 8.98. The zero-order chi connectivity index (χ0) is 14.0. The lowest BCUT2D eigenvalue weighted by molar-refractivity contribution is 0.614. The summed E-state index contributed by atoms with van der Waals surface area (Å²) in [4.78, 5) is 7.51. The molecule has 2 rings (SSSR count). The Morgan fingerprint density at radius 3 is 2.74 bits per heavy atom. The third kappa shape index (κ3) is 2.10. The van der Waals surface area contributed by atoms with Gasteiger partial charge < -0.3 is 5.73 Å². The summed E-state index contributed by atoms with van der Waals surface area (Å²) >= 11 is 0. The van der Waals surface area contributed by atoms with Crippen molar-refractivity contribution in [3.63, 3.8) is 0 Å². The number of aromatic nitrogens is 2. The third-order valence-electron chi connectivity index (χ3n) is 2.71. The second kappa shape index (κ2) is 4.75. The lowest BCUT2D eigenvalue weighted by atomic mass is 10.00. The Hall–Kier alpha value is -2.92. The minimum Gasteiger partial charge on any atom is -0.368 e. The normalized spacial score (nSPS) is 9.68. The number of nitrogens with zero attached hydrogens (tertiary/aromatic N) is 3. The van der Waals surface area contributed by atoms with Gasteiger partial charge in [-0.25, -0.2) is 14.4 Å². The number of terminal acetylenes is 1. The van der Waals surface area contributed by atoms with Crippen molar-refractivity contribution in [3.8, 4) is 29.7 Å². The molecule has 0 amide bonds. The fourth-order valence-corrected chi connectivity index (χ4v) is 1.75. The minimum absolute atomic E-state index is 0.00931. The number of benzene rings is 1. The molecule has 0 atom stereocenters. The van der Waals surface area contributed by atoms with Gasteiger partial charge >= 0.3 is 0 Å². The van der Waals surface area contributed by atoms with Gasteiger partial charge in [0.25, 0.3) is 0 Å². The molecule has 0 bridgehead atoms. The van der Waals surface area contributed by atoms with Gasteiger partial charge in [-0.05, 0) is 24.5 Å². The van der Waals surface area contributed by atoms with Crippen LogP contribution in [0.15, 0.2) is 18.2 Å². The molecule has 1 aromatic heterocycles. The van der Waals surface area contributed by atoms with E-state index in [1.54, 1.807) is 25.1 Å². The van der Waals surface area contributed by atoms with Crippen molar-refractivity contribution in [1.29, 1.82) is 5.26 Å². The van der Waals surface area contributed by atoms with E-state index in [1.807, 2.05) is 6.07 Å². The first-order valence-electron chi connectivity index (χ1n) is 5.38. The maximum absolute atomic E-state index is 14.1. The summed E-state index contributed by atoms with van der Waals surface area (Å²) < 4.78 is 14.1. The topological polar surface area (TPSA) is 75.6 Å². The highest BCUT2D eigenvalue weighted by molar-refractivity contribution is 5.69. The summed E-state index contributed by atoms with van der Waals surface area (Å²) in [5.41, 5.74) is 6.86. The number of nitriles is 1. The molecule has 0 aliphatic rings. The molecule has 2 aromatic rings. The maximum atomic E-state index is 14.1. The van der Waals surface area contributed by atoms with Crippen LogP contribution in [0.5, 0.6) is 0 Å². The predicted octanol–water partition coefficient (Wildman–Crippen LogP) is 2.03. The first kappa shape index (κ1) is 12.5.